The summed E-state index contributed by atoms with van der Waals surface area (Å²) < 4.78 is 8.41. The Kier molecular flexibility index (Phi) is 3.17. The highest BCUT2D eigenvalue weighted by molar-refractivity contribution is 7.96. The molecule has 2 saturated heterocycles. The first kappa shape index (κ1) is 9.81. The van der Waals surface area contributed by atoms with Crippen LogP contribution in [0.2, 0.25) is 0 Å². The maximum atomic E-state index is 5.96. The summed E-state index contributed by atoms with van der Waals surface area (Å²) in [5.41, 5.74) is 0.282. The van der Waals surface area contributed by atoms with Gasteiger partial charge in [0.15, 0.2) is 0 Å². The van der Waals surface area contributed by atoms with Crippen molar-refractivity contribution < 1.29 is 4.74 Å². The molecule has 0 atom stereocenters. The Bertz CT molecular complexity index is 158. The number of hydrogen-bond acceptors (Lipinski definition) is 3. The molecule has 0 unspecified atom stereocenters. The minimum absolute atomic E-state index is 0.282. The summed E-state index contributed by atoms with van der Waals surface area (Å²) in [7, 11) is 0. The van der Waals surface area contributed by atoms with Crippen LogP contribution in [0.15, 0.2) is 0 Å². The van der Waals surface area contributed by atoms with Crippen molar-refractivity contribution in [2.75, 3.05) is 26.0 Å². The Hall–Kier alpha value is 0.270. The molecule has 0 aromatic carbocycles. The normalized spacial score (nSPS) is 29.3. The van der Waals surface area contributed by atoms with Crippen molar-refractivity contribution in [3.05, 3.63) is 0 Å². The monoisotopic (exact) mass is 201 g/mol. The molecule has 0 aromatic heterocycles. The van der Waals surface area contributed by atoms with Crippen molar-refractivity contribution in [3.63, 3.8) is 0 Å². The van der Waals surface area contributed by atoms with Gasteiger partial charge in [0.2, 0.25) is 0 Å². The van der Waals surface area contributed by atoms with Gasteiger partial charge in [0, 0.05) is 19.7 Å². The van der Waals surface area contributed by atoms with Crippen molar-refractivity contribution in [1.29, 1.82) is 0 Å². The lowest BCUT2D eigenvalue weighted by atomic mass is 9.85. The zero-order valence-electron chi connectivity index (χ0n) is 8.42. The van der Waals surface area contributed by atoms with E-state index < -0.39 is 0 Å². The first-order chi connectivity index (χ1) is 6.35. The van der Waals surface area contributed by atoms with Crippen LogP contribution in [-0.2, 0) is 4.74 Å². The summed E-state index contributed by atoms with van der Waals surface area (Å²) in [6.07, 6.45) is 8.60. The van der Waals surface area contributed by atoms with E-state index in [2.05, 4.69) is 10.6 Å². The van der Waals surface area contributed by atoms with Gasteiger partial charge in [0.05, 0.1) is 5.60 Å². The highest BCUT2D eigenvalue weighted by atomic mass is 32.2. The first-order valence-electron chi connectivity index (χ1n) is 5.28. The summed E-state index contributed by atoms with van der Waals surface area (Å²) >= 11 is 1.87. The predicted octanol–water partition coefficient (Wildman–Crippen LogP) is 2.30. The molecule has 2 heterocycles. The van der Waals surface area contributed by atoms with Crippen LogP contribution >= 0.6 is 11.9 Å². The molecule has 0 saturated carbocycles. The second-order valence-corrected chi connectivity index (χ2v) is 4.98. The Balaban J connectivity index is 1.87. The maximum absolute atomic E-state index is 5.96. The summed E-state index contributed by atoms with van der Waals surface area (Å²) in [6.45, 7) is 3.42. The van der Waals surface area contributed by atoms with Crippen molar-refractivity contribution in [1.82, 2.24) is 4.31 Å². The number of hydrogen-bond donors (Lipinski definition) is 0. The van der Waals surface area contributed by atoms with Crippen LogP contribution in [0.4, 0.5) is 0 Å². The standard InChI is InChI=1S/C10H19NOS/c1-13-11-7-5-10(6-8-11)4-2-3-9-12-10/h2-9H2,1H3. The lowest BCUT2D eigenvalue weighted by molar-refractivity contribution is -0.102. The molecule has 0 radical (unpaired) electrons. The Labute approximate surface area is 85.1 Å². The minimum Gasteiger partial charge on any atom is -0.375 e. The van der Waals surface area contributed by atoms with Gasteiger partial charge in [-0.15, -0.1) is 0 Å². The number of rotatable bonds is 1. The third kappa shape index (κ3) is 2.20. The largest absolute Gasteiger partial charge is 0.375 e. The summed E-state index contributed by atoms with van der Waals surface area (Å²) in [5.74, 6) is 0. The second kappa shape index (κ2) is 4.20. The highest BCUT2D eigenvalue weighted by Crippen LogP contribution is 2.35. The Morgan fingerprint density at radius 3 is 2.46 bits per heavy atom. The zero-order valence-corrected chi connectivity index (χ0v) is 9.24. The molecule has 3 heteroatoms. The SMILES string of the molecule is CSN1CCC2(CCCCO2)CC1. The number of ether oxygens (including phenoxy) is 1. The maximum Gasteiger partial charge on any atom is 0.0707 e. The van der Waals surface area contributed by atoms with Crippen LogP contribution in [0.25, 0.3) is 0 Å². The average Bonchev–Trinajstić information content (AvgIpc) is 2.20. The van der Waals surface area contributed by atoms with Gasteiger partial charge < -0.3 is 4.74 Å². The fraction of sp³-hybridized carbons (Fsp3) is 1.00. The fourth-order valence-electron chi connectivity index (χ4n) is 2.38. The molecule has 0 N–H and O–H groups in total. The molecule has 0 bridgehead atoms. The van der Waals surface area contributed by atoms with Crippen LogP contribution < -0.4 is 0 Å². The van der Waals surface area contributed by atoms with E-state index in [1.54, 1.807) is 0 Å². The number of piperidine rings is 1. The van der Waals surface area contributed by atoms with E-state index in [4.69, 9.17) is 4.74 Å². The van der Waals surface area contributed by atoms with Gasteiger partial charge >= 0.3 is 0 Å². The van der Waals surface area contributed by atoms with Crippen LogP contribution in [0.5, 0.6) is 0 Å². The van der Waals surface area contributed by atoms with Gasteiger partial charge in [-0.2, -0.15) is 0 Å². The minimum atomic E-state index is 0.282. The van der Waals surface area contributed by atoms with E-state index in [9.17, 15) is 0 Å². The summed E-state index contributed by atoms with van der Waals surface area (Å²) in [5, 5.41) is 0. The summed E-state index contributed by atoms with van der Waals surface area (Å²) in [4.78, 5) is 0. The van der Waals surface area contributed by atoms with Crippen LogP contribution in [0.1, 0.15) is 32.1 Å². The third-order valence-corrected chi connectivity index (χ3v) is 4.21. The Morgan fingerprint density at radius 2 is 1.92 bits per heavy atom. The van der Waals surface area contributed by atoms with Crippen molar-refractivity contribution in [2.24, 2.45) is 0 Å². The fourth-order valence-corrected chi connectivity index (χ4v) is 2.93. The molecular weight excluding hydrogens is 182 g/mol. The molecule has 2 rings (SSSR count). The van der Waals surface area contributed by atoms with Gasteiger partial charge in [-0.3, -0.25) is 4.31 Å². The first-order valence-corrected chi connectivity index (χ1v) is 6.46. The molecule has 13 heavy (non-hydrogen) atoms. The summed E-state index contributed by atoms with van der Waals surface area (Å²) in [6, 6.07) is 0. The molecule has 0 amide bonds. The van der Waals surface area contributed by atoms with Crippen molar-refractivity contribution >= 4 is 11.9 Å². The zero-order chi connectivity index (χ0) is 9.15. The smallest absolute Gasteiger partial charge is 0.0707 e. The highest BCUT2D eigenvalue weighted by Gasteiger charge is 2.36. The number of nitrogens with zero attached hydrogens (tertiary/aromatic N) is 1. The Morgan fingerprint density at radius 1 is 1.15 bits per heavy atom. The van der Waals surface area contributed by atoms with Crippen LogP contribution in [0, 0.1) is 0 Å². The predicted molar refractivity (Wildman–Crippen MR) is 56.9 cm³/mol. The quantitative estimate of drug-likeness (QED) is 0.604. The molecule has 2 nitrogen and oxygen atoms in total. The van der Waals surface area contributed by atoms with Crippen LogP contribution in [-0.4, -0.2) is 35.9 Å². The van der Waals surface area contributed by atoms with Gasteiger partial charge in [-0.1, -0.05) is 11.9 Å². The van der Waals surface area contributed by atoms with Crippen LogP contribution in [0.3, 0.4) is 0 Å². The van der Waals surface area contributed by atoms with E-state index in [1.807, 2.05) is 11.9 Å². The molecule has 2 aliphatic rings. The van der Waals surface area contributed by atoms with E-state index in [0.29, 0.717) is 0 Å². The molecule has 2 fully saturated rings. The third-order valence-electron chi connectivity index (χ3n) is 3.33. The van der Waals surface area contributed by atoms with Gasteiger partial charge in [0.25, 0.3) is 0 Å². The van der Waals surface area contributed by atoms with E-state index in [1.165, 1.54) is 45.2 Å². The van der Waals surface area contributed by atoms with Gasteiger partial charge in [-0.05, 0) is 38.4 Å². The molecule has 0 aromatic rings. The molecular formula is C10H19NOS. The van der Waals surface area contributed by atoms with E-state index in [-0.39, 0.29) is 5.60 Å². The lowest BCUT2D eigenvalue weighted by Crippen LogP contribution is -2.45. The second-order valence-electron chi connectivity index (χ2n) is 4.10. The van der Waals surface area contributed by atoms with E-state index >= 15 is 0 Å². The molecule has 2 aliphatic heterocycles. The molecule has 0 aliphatic carbocycles. The van der Waals surface area contributed by atoms with Gasteiger partial charge in [0.1, 0.15) is 0 Å². The van der Waals surface area contributed by atoms with Crippen molar-refractivity contribution in [2.45, 2.75) is 37.7 Å². The van der Waals surface area contributed by atoms with Crippen molar-refractivity contribution in [3.8, 4) is 0 Å². The topological polar surface area (TPSA) is 12.5 Å². The van der Waals surface area contributed by atoms with Gasteiger partial charge in [-0.25, -0.2) is 0 Å². The molecule has 76 valence electrons. The average molecular weight is 201 g/mol. The lowest BCUT2D eigenvalue weighted by Gasteiger charge is -2.43. The molecule has 1 spiro atoms. The van der Waals surface area contributed by atoms with E-state index in [0.717, 1.165) is 6.61 Å².